The molecular weight excluding hydrogens is 232 g/mol. The molecule has 2 N–H and O–H groups in total. The SMILES string of the molecule is CC(C)CC(CC(C)C)(C(=O)O)C(C)(C)C(=O)O. The van der Waals surface area contributed by atoms with E-state index in [2.05, 4.69) is 0 Å². The molecule has 4 nitrogen and oxygen atoms in total. The molecule has 4 heteroatoms. The molecule has 0 atom stereocenters. The van der Waals surface area contributed by atoms with Gasteiger partial charge in [0, 0.05) is 0 Å². The number of carboxylic acid groups (broad SMARTS) is 2. The van der Waals surface area contributed by atoms with Gasteiger partial charge < -0.3 is 10.2 Å². The van der Waals surface area contributed by atoms with Crippen LogP contribution < -0.4 is 0 Å². The number of hydrogen-bond donors (Lipinski definition) is 2. The molecule has 0 aliphatic rings. The third-order valence-electron chi connectivity index (χ3n) is 3.65. The zero-order chi connectivity index (χ0) is 14.7. The summed E-state index contributed by atoms with van der Waals surface area (Å²) >= 11 is 0. The first-order valence-electron chi connectivity index (χ1n) is 6.44. The summed E-state index contributed by atoms with van der Waals surface area (Å²) in [5.74, 6) is -1.78. The summed E-state index contributed by atoms with van der Waals surface area (Å²) in [7, 11) is 0. The highest BCUT2D eigenvalue weighted by Crippen LogP contribution is 2.49. The van der Waals surface area contributed by atoms with E-state index in [1.54, 1.807) is 0 Å². The molecule has 0 aromatic carbocycles. The van der Waals surface area contributed by atoms with Crippen molar-refractivity contribution in [1.29, 1.82) is 0 Å². The van der Waals surface area contributed by atoms with Gasteiger partial charge in [-0.05, 0) is 38.5 Å². The van der Waals surface area contributed by atoms with Crippen molar-refractivity contribution in [2.45, 2.75) is 54.4 Å². The van der Waals surface area contributed by atoms with Crippen LogP contribution in [0, 0.1) is 22.7 Å². The first-order chi connectivity index (χ1) is 7.97. The van der Waals surface area contributed by atoms with Crippen LogP contribution in [0.5, 0.6) is 0 Å². The van der Waals surface area contributed by atoms with Crippen molar-refractivity contribution in [3.8, 4) is 0 Å². The fraction of sp³-hybridized carbons (Fsp3) is 0.857. The van der Waals surface area contributed by atoms with Gasteiger partial charge in [-0.3, -0.25) is 9.59 Å². The lowest BCUT2D eigenvalue weighted by molar-refractivity contribution is -0.175. The topological polar surface area (TPSA) is 74.6 Å². The van der Waals surface area contributed by atoms with Crippen molar-refractivity contribution in [2.24, 2.45) is 22.7 Å². The normalized spacial score (nSPS) is 13.1. The first-order valence-corrected chi connectivity index (χ1v) is 6.44. The first kappa shape index (κ1) is 16.9. The Hall–Kier alpha value is -1.06. The fourth-order valence-corrected chi connectivity index (χ4v) is 2.63. The third kappa shape index (κ3) is 3.24. The van der Waals surface area contributed by atoms with Gasteiger partial charge in [0.25, 0.3) is 0 Å². The minimum absolute atomic E-state index is 0.137. The number of carbonyl (C=O) groups is 2. The summed E-state index contributed by atoms with van der Waals surface area (Å²) < 4.78 is 0. The molecule has 0 amide bonds. The van der Waals surface area contributed by atoms with Crippen LogP contribution in [0.25, 0.3) is 0 Å². The average Bonchev–Trinajstić information content (AvgIpc) is 2.13. The van der Waals surface area contributed by atoms with E-state index in [0.717, 1.165) is 0 Å². The Morgan fingerprint density at radius 3 is 1.39 bits per heavy atom. The standard InChI is InChI=1S/C14H26O4/c1-9(2)7-14(12(17)18,8-10(3)4)13(5,6)11(15)16/h9-10H,7-8H2,1-6H3,(H,15,16)(H,17,18). The second-order valence-corrected chi connectivity index (χ2v) is 6.51. The summed E-state index contributed by atoms with van der Waals surface area (Å²) in [5, 5.41) is 19.0. The van der Waals surface area contributed by atoms with E-state index in [1.807, 2.05) is 27.7 Å². The van der Waals surface area contributed by atoms with Gasteiger partial charge >= 0.3 is 11.9 Å². The smallest absolute Gasteiger partial charge is 0.310 e. The van der Waals surface area contributed by atoms with Crippen LogP contribution in [0.15, 0.2) is 0 Å². The highest BCUT2D eigenvalue weighted by molar-refractivity contribution is 5.86. The van der Waals surface area contributed by atoms with Gasteiger partial charge in [-0.15, -0.1) is 0 Å². The molecule has 0 saturated heterocycles. The molecule has 0 fully saturated rings. The second kappa shape index (κ2) is 5.72. The van der Waals surface area contributed by atoms with E-state index in [9.17, 15) is 19.8 Å². The monoisotopic (exact) mass is 258 g/mol. The molecule has 106 valence electrons. The Bertz CT molecular complexity index is 306. The fourth-order valence-electron chi connectivity index (χ4n) is 2.63. The molecule has 0 aromatic rings. The number of hydrogen-bond acceptors (Lipinski definition) is 2. The Labute approximate surface area is 109 Å². The minimum Gasteiger partial charge on any atom is -0.481 e. The predicted octanol–water partition coefficient (Wildman–Crippen LogP) is 3.26. The van der Waals surface area contributed by atoms with E-state index < -0.39 is 22.8 Å². The maximum Gasteiger partial charge on any atom is 0.310 e. The molecule has 0 radical (unpaired) electrons. The molecule has 0 aromatic heterocycles. The third-order valence-corrected chi connectivity index (χ3v) is 3.65. The van der Waals surface area contributed by atoms with Crippen LogP contribution in [0.3, 0.4) is 0 Å². The summed E-state index contributed by atoms with van der Waals surface area (Å²) in [6, 6.07) is 0. The largest absolute Gasteiger partial charge is 0.481 e. The van der Waals surface area contributed by atoms with Crippen LogP contribution in [-0.4, -0.2) is 22.2 Å². The maximum atomic E-state index is 11.8. The Morgan fingerprint density at radius 1 is 0.889 bits per heavy atom. The Balaban J connectivity index is 5.75. The Morgan fingerprint density at radius 2 is 1.22 bits per heavy atom. The van der Waals surface area contributed by atoms with E-state index in [1.165, 1.54) is 13.8 Å². The van der Waals surface area contributed by atoms with Crippen molar-refractivity contribution in [3.63, 3.8) is 0 Å². The molecule has 0 spiro atoms. The lowest BCUT2D eigenvalue weighted by Gasteiger charge is -2.43. The summed E-state index contributed by atoms with van der Waals surface area (Å²) in [6.45, 7) is 10.8. The molecule has 18 heavy (non-hydrogen) atoms. The summed E-state index contributed by atoms with van der Waals surface area (Å²) in [4.78, 5) is 23.3. The molecule has 0 aliphatic carbocycles. The van der Waals surface area contributed by atoms with Gasteiger partial charge in [0.2, 0.25) is 0 Å². The van der Waals surface area contributed by atoms with E-state index in [0.29, 0.717) is 12.8 Å². The summed E-state index contributed by atoms with van der Waals surface area (Å²) in [5.41, 5.74) is -2.51. The second-order valence-electron chi connectivity index (χ2n) is 6.51. The van der Waals surface area contributed by atoms with Crippen molar-refractivity contribution < 1.29 is 19.8 Å². The molecule has 0 saturated carbocycles. The van der Waals surface area contributed by atoms with Crippen LogP contribution in [0.4, 0.5) is 0 Å². The van der Waals surface area contributed by atoms with Crippen molar-refractivity contribution in [2.75, 3.05) is 0 Å². The maximum absolute atomic E-state index is 11.8. The Kier molecular flexibility index (Phi) is 5.38. The van der Waals surface area contributed by atoms with Gasteiger partial charge in [0.15, 0.2) is 0 Å². The van der Waals surface area contributed by atoms with Gasteiger partial charge in [0.1, 0.15) is 0 Å². The number of carboxylic acids is 2. The van der Waals surface area contributed by atoms with Crippen molar-refractivity contribution >= 4 is 11.9 Å². The molecule has 0 heterocycles. The highest BCUT2D eigenvalue weighted by atomic mass is 16.4. The molecule has 0 bridgehead atoms. The zero-order valence-electron chi connectivity index (χ0n) is 12.3. The minimum atomic E-state index is -1.28. The van der Waals surface area contributed by atoms with E-state index in [-0.39, 0.29) is 11.8 Å². The number of rotatable bonds is 7. The molecular formula is C14H26O4. The van der Waals surface area contributed by atoms with Crippen LogP contribution in [0.1, 0.15) is 54.4 Å². The molecule has 0 rings (SSSR count). The van der Waals surface area contributed by atoms with Crippen LogP contribution in [-0.2, 0) is 9.59 Å². The number of aliphatic carboxylic acids is 2. The van der Waals surface area contributed by atoms with Gasteiger partial charge in [-0.2, -0.15) is 0 Å². The van der Waals surface area contributed by atoms with Gasteiger partial charge in [0.05, 0.1) is 10.8 Å². The van der Waals surface area contributed by atoms with Gasteiger partial charge in [-0.25, -0.2) is 0 Å². The highest BCUT2D eigenvalue weighted by Gasteiger charge is 2.55. The zero-order valence-corrected chi connectivity index (χ0v) is 12.3. The average molecular weight is 258 g/mol. The quantitative estimate of drug-likeness (QED) is 0.735. The van der Waals surface area contributed by atoms with Crippen LogP contribution in [0.2, 0.25) is 0 Å². The lowest BCUT2D eigenvalue weighted by Crippen LogP contribution is -2.50. The molecule has 0 unspecified atom stereocenters. The summed E-state index contributed by atoms with van der Waals surface area (Å²) in [6.07, 6.45) is 0.750. The molecule has 0 aliphatic heterocycles. The van der Waals surface area contributed by atoms with Crippen molar-refractivity contribution in [3.05, 3.63) is 0 Å². The van der Waals surface area contributed by atoms with Crippen molar-refractivity contribution in [1.82, 2.24) is 0 Å². The van der Waals surface area contributed by atoms with Gasteiger partial charge in [-0.1, -0.05) is 27.7 Å². The van der Waals surface area contributed by atoms with E-state index in [4.69, 9.17) is 0 Å². The lowest BCUT2D eigenvalue weighted by atomic mass is 9.58. The van der Waals surface area contributed by atoms with E-state index >= 15 is 0 Å². The predicted molar refractivity (Wildman–Crippen MR) is 70.4 cm³/mol. The van der Waals surface area contributed by atoms with Crippen LogP contribution >= 0.6 is 0 Å².